The van der Waals surface area contributed by atoms with Crippen molar-refractivity contribution in [2.75, 3.05) is 16.8 Å². The number of anilines is 2. The smallest absolute Gasteiger partial charge is 0.237 e. The van der Waals surface area contributed by atoms with E-state index in [0.717, 1.165) is 10.6 Å². The monoisotopic (exact) mass is 325 g/mol. The Labute approximate surface area is 132 Å². The van der Waals surface area contributed by atoms with Crippen molar-refractivity contribution in [1.82, 2.24) is 5.16 Å². The molecule has 2 aromatic rings. The average Bonchev–Trinajstić information content (AvgIpc) is 2.86. The predicted molar refractivity (Wildman–Crippen MR) is 85.8 cm³/mol. The third-order valence-corrected chi connectivity index (χ3v) is 4.04. The second-order valence-electron chi connectivity index (χ2n) is 4.79. The molecule has 0 atom stereocenters. The van der Waals surface area contributed by atoms with E-state index in [0.29, 0.717) is 16.6 Å². The lowest BCUT2D eigenvalue weighted by Crippen LogP contribution is -2.13. The fraction of sp³-hybridized carbons (Fsp3) is 0.286. The van der Waals surface area contributed by atoms with Crippen molar-refractivity contribution in [2.45, 2.75) is 24.7 Å². The summed E-state index contributed by atoms with van der Waals surface area (Å²) in [5.41, 5.74) is 7.19. The minimum absolute atomic E-state index is 0.180. The van der Waals surface area contributed by atoms with Crippen molar-refractivity contribution in [3.63, 3.8) is 0 Å². The van der Waals surface area contributed by atoms with Crippen molar-refractivity contribution in [3.8, 4) is 0 Å². The van der Waals surface area contributed by atoms with Crippen LogP contribution in [0.2, 0.25) is 5.02 Å². The van der Waals surface area contributed by atoms with E-state index in [2.05, 4.69) is 10.5 Å². The highest BCUT2D eigenvalue weighted by molar-refractivity contribution is 8.00. The highest BCUT2D eigenvalue weighted by atomic mass is 35.5. The third-order valence-electron chi connectivity index (χ3n) is 2.71. The fourth-order valence-corrected chi connectivity index (χ4v) is 2.52. The Bertz CT molecular complexity index is 643. The Hall–Kier alpha value is -1.66. The normalized spacial score (nSPS) is 10.9. The zero-order chi connectivity index (χ0) is 15.4. The van der Waals surface area contributed by atoms with Crippen LogP contribution in [0.3, 0.4) is 0 Å². The van der Waals surface area contributed by atoms with Crippen LogP contribution in [-0.2, 0) is 4.79 Å². The van der Waals surface area contributed by atoms with Gasteiger partial charge in [0.2, 0.25) is 11.8 Å². The van der Waals surface area contributed by atoms with Gasteiger partial charge in [0.05, 0.1) is 11.4 Å². The van der Waals surface area contributed by atoms with E-state index in [1.165, 1.54) is 11.8 Å². The number of halogens is 1. The molecule has 1 aromatic heterocycles. The van der Waals surface area contributed by atoms with E-state index >= 15 is 0 Å². The number of nitrogens with zero attached hydrogens (tertiary/aromatic N) is 1. The molecule has 0 aliphatic carbocycles. The van der Waals surface area contributed by atoms with Crippen molar-refractivity contribution in [1.29, 1.82) is 0 Å². The fourth-order valence-electron chi connectivity index (χ4n) is 1.59. The van der Waals surface area contributed by atoms with E-state index in [4.69, 9.17) is 21.9 Å². The molecule has 0 spiro atoms. The molecule has 3 N–H and O–H groups in total. The highest BCUT2D eigenvalue weighted by Crippen LogP contribution is 2.27. The molecule has 0 bridgehead atoms. The number of benzene rings is 1. The molecule has 0 fully saturated rings. The van der Waals surface area contributed by atoms with Crippen molar-refractivity contribution >= 4 is 40.8 Å². The first-order chi connectivity index (χ1) is 9.95. The first kappa shape index (κ1) is 15.7. The van der Waals surface area contributed by atoms with Crippen LogP contribution in [0.25, 0.3) is 0 Å². The molecule has 2 rings (SSSR count). The number of hydrogen-bond acceptors (Lipinski definition) is 5. The molecule has 0 radical (unpaired) electrons. The summed E-state index contributed by atoms with van der Waals surface area (Å²) in [5, 5.41) is 7.12. The zero-order valence-corrected chi connectivity index (χ0v) is 13.3. The van der Waals surface area contributed by atoms with Gasteiger partial charge < -0.3 is 10.3 Å². The largest absolute Gasteiger partial charge is 0.398 e. The van der Waals surface area contributed by atoms with E-state index in [9.17, 15) is 4.79 Å². The molecule has 21 heavy (non-hydrogen) atoms. The van der Waals surface area contributed by atoms with Crippen LogP contribution in [-0.4, -0.2) is 16.8 Å². The molecule has 1 aromatic carbocycles. The van der Waals surface area contributed by atoms with E-state index in [-0.39, 0.29) is 17.6 Å². The molecule has 5 nitrogen and oxygen atoms in total. The van der Waals surface area contributed by atoms with Gasteiger partial charge in [0.1, 0.15) is 0 Å². The van der Waals surface area contributed by atoms with Gasteiger partial charge in [-0.25, -0.2) is 0 Å². The Morgan fingerprint density at radius 1 is 1.48 bits per heavy atom. The van der Waals surface area contributed by atoms with Crippen LogP contribution in [0.1, 0.15) is 25.5 Å². The van der Waals surface area contributed by atoms with Crippen molar-refractivity contribution in [3.05, 3.63) is 35.0 Å². The molecule has 0 saturated carbocycles. The molecular formula is C14H16ClN3O2S. The van der Waals surface area contributed by atoms with Crippen LogP contribution in [0.5, 0.6) is 0 Å². The third kappa shape index (κ3) is 4.41. The maximum Gasteiger partial charge on any atom is 0.237 e. The van der Waals surface area contributed by atoms with Gasteiger partial charge in [0.15, 0.2) is 0 Å². The molecule has 1 amide bonds. The average molecular weight is 326 g/mol. The summed E-state index contributed by atoms with van der Waals surface area (Å²) in [6.07, 6.45) is 0. The molecule has 112 valence electrons. The summed E-state index contributed by atoms with van der Waals surface area (Å²) in [5.74, 6) is 0.653. The van der Waals surface area contributed by atoms with Gasteiger partial charge in [-0.15, -0.1) is 11.8 Å². The lowest BCUT2D eigenvalue weighted by molar-refractivity contribution is -0.113. The first-order valence-corrected chi connectivity index (χ1v) is 7.76. The van der Waals surface area contributed by atoms with Gasteiger partial charge in [-0.1, -0.05) is 30.6 Å². The number of thioether (sulfide) groups is 1. The maximum absolute atomic E-state index is 11.9. The second kappa shape index (κ2) is 6.87. The van der Waals surface area contributed by atoms with Gasteiger partial charge in [0, 0.05) is 21.7 Å². The molecule has 0 aliphatic rings. The Morgan fingerprint density at radius 2 is 2.24 bits per heavy atom. The number of nitrogens with one attached hydrogen (secondary N) is 1. The SMILES string of the molecule is CC(C)c1cc(NC(=O)CSc2ccc(Cl)cc2N)on1. The lowest BCUT2D eigenvalue weighted by atomic mass is 10.1. The van der Waals surface area contributed by atoms with Gasteiger partial charge in [-0.3, -0.25) is 10.1 Å². The van der Waals surface area contributed by atoms with Gasteiger partial charge in [-0.2, -0.15) is 0 Å². The number of aromatic nitrogens is 1. The summed E-state index contributed by atoms with van der Waals surface area (Å²) in [6, 6.07) is 6.92. The van der Waals surface area contributed by atoms with Crippen LogP contribution in [0.15, 0.2) is 33.7 Å². The number of carbonyl (C=O) groups is 1. The van der Waals surface area contributed by atoms with E-state index < -0.39 is 0 Å². The zero-order valence-electron chi connectivity index (χ0n) is 11.7. The van der Waals surface area contributed by atoms with Gasteiger partial charge in [0.25, 0.3) is 0 Å². The van der Waals surface area contributed by atoms with Crippen molar-refractivity contribution < 1.29 is 9.32 Å². The Balaban J connectivity index is 1.89. The van der Waals surface area contributed by atoms with Gasteiger partial charge >= 0.3 is 0 Å². The minimum atomic E-state index is -0.180. The molecule has 1 heterocycles. The lowest BCUT2D eigenvalue weighted by Gasteiger charge is -2.05. The summed E-state index contributed by atoms with van der Waals surface area (Å²) in [4.78, 5) is 12.7. The van der Waals surface area contributed by atoms with Crippen LogP contribution in [0, 0.1) is 0 Å². The Morgan fingerprint density at radius 3 is 2.86 bits per heavy atom. The van der Waals surface area contributed by atoms with E-state index in [1.807, 2.05) is 13.8 Å². The Kier molecular flexibility index (Phi) is 5.14. The summed E-state index contributed by atoms with van der Waals surface area (Å²) >= 11 is 7.17. The number of rotatable bonds is 5. The first-order valence-electron chi connectivity index (χ1n) is 6.40. The number of nitrogen functional groups attached to an aromatic ring is 1. The quantitative estimate of drug-likeness (QED) is 0.646. The van der Waals surface area contributed by atoms with Crippen molar-refractivity contribution in [2.24, 2.45) is 0 Å². The number of nitrogens with two attached hydrogens (primary N) is 1. The minimum Gasteiger partial charge on any atom is -0.398 e. The summed E-state index contributed by atoms with van der Waals surface area (Å²) < 4.78 is 5.05. The molecule has 0 saturated heterocycles. The summed E-state index contributed by atoms with van der Waals surface area (Å²) in [7, 11) is 0. The highest BCUT2D eigenvalue weighted by Gasteiger charge is 2.11. The second-order valence-corrected chi connectivity index (χ2v) is 6.24. The van der Waals surface area contributed by atoms with Crippen LogP contribution < -0.4 is 11.1 Å². The van der Waals surface area contributed by atoms with Crippen LogP contribution in [0.4, 0.5) is 11.6 Å². The number of carbonyl (C=O) groups excluding carboxylic acids is 1. The molecule has 0 unspecified atom stereocenters. The number of hydrogen-bond donors (Lipinski definition) is 2. The molecule has 7 heteroatoms. The maximum atomic E-state index is 11.9. The number of amides is 1. The van der Waals surface area contributed by atoms with Crippen LogP contribution >= 0.6 is 23.4 Å². The summed E-state index contributed by atoms with van der Waals surface area (Å²) in [6.45, 7) is 4.01. The molecule has 0 aliphatic heterocycles. The standard InChI is InChI=1S/C14H16ClN3O2S/c1-8(2)11-6-14(20-18-11)17-13(19)7-21-12-4-3-9(15)5-10(12)16/h3-6,8H,7,16H2,1-2H3,(H,17,19). The molecular weight excluding hydrogens is 310 g/mol. The van der Waals surface area contributed by atoms with E-state index in [1.54, 1.807) is 24.3 Å². The predicted octanol–water partition coefficient (Wildman–Crippen LogP) is 3.76. The topological polar surface area (TPSA) is 81.2 Å². The van der Waals surface area contributed by atoms with Gasteiger partial charge in [-0.05, 0) is 24.1 Å².